The highest BCUT2D eigenvalue weighted by molar-refractivity contribution is 14.0. The van der Waals surface area contributed by atoms with Crippen LogP contribution in [0.4, 0.5) is 0 Å². The number of hydrogen-bond donors (Lipinski definition) is 2. The van der Waals surface area contributed by atoms with Gasteiger partial charge in [-0.1, -0.05) is 6.07 Å². The van der Waals surface area contributed by atoms with Crippen molar-refractivity contribution in [1.29, 1.82) is 0 Å². The monoisotopic (exact) mass is 485 g/mol. The van der Waals surface area contributed by atoms with Crippen molar-refractivity contribution in [3.8, 4) is 11.5 Å². The summed E-state index contributed by atoms with van der Waals surface area (Å²) in [5.41, 5.74) is 4.82. The fourth-order valence-electron chi connectivity index (χ4n) is 3.13. The van der Waals surface area contributed by atoms with E-state index in [4.69, 9.17) is 9.47 Å². The molecule has 0 bridgehead atoms. The third-order valence-corrected chi connectivity index (χ3v) is 4.69. The molecule has 0 unspecified atom stereocenters. The van der Waals surface area contributed by atoms with Crippen LogP contribution in [0.5, 0.6) is 11.5 Å². The van der Waals surface area contributed by atoms with Crippen molar-refractivity contribution >= 4 is 29.9 Å². The van der Waals surface area contributed by atoms with Gasteiger partial charge in [-0.25, -0.2) is 0 Å². The lowest BCUT2D eigenvalue weighted by Crippen LogP contribution is -2.39. The third kappa shape index (κ3) is 5.27. The summed E-state index contributed by atoms with van der Waals surface area (Å²) >= 11 is 0. The Morgan fingerprint density at radius 3 is 2.52 bits per heavy atom. The summed E-state index contributed by atoms with van der Waals surface area (Å²) in [6, 6.07) is 6.07. The number of nitrogens with zero attached hydrogens (tertiary/aromatic N) is 3. The Morgan fingerprint density at radius 2 is 1.85 bits per heavy atom. The molecule has 1 aromatic carbocycles. The molecule has 1 aliphatic rings. The highest BCUT2D eigenvalue weighted by atomic mass is 127. The van der Waals surface area contributed by atoms with Crippen LogP contribution in [0.15, 0.2) is 23.2 Å². The number of halogens is 1. The number of aliphatic imine (C=N–C) groups is 1. The van der Waals surface area contributed by atoms with E-state index in [0.717, 1.165) is 49.1 Å². The quantitative estimate of drug-likeness (QED) is 0.374. The molecule has 3 rings (SSSR count). The van der Waals surface area contributed by atoms with Gasteiger partial charge in [0.2, 0.25) is 6.79 Å². The van der Waals surface area contributed by atoms with Crippen LogP contribution in [0.2, 0.25) is 0 Å². The fourth-order valence-corrected chi connectivity index (χ4v) is 3.13. The first-order valence-electron chi connectivity index (χ1n) is 8.90. The maximum Gasteiger partial charge on any atom is 0.231 e. The molecule has 0 spiro atoms. The van der Waals surface area contributed by atoms with E-state index in [1.165, 1.54) is 16.8 Å². The van der Waals surface area contributed by atoms with Gasteiger partial charge in [0.15, 0.2) is 17.5 Å². The largest absolute Gasteiger partial charge is 0.454 e. The Morgan fingerprint density at radius 1 is 1.15 bits per heavy atom. The lowest BCUT2D eigenvalue weighted by Gasteiger charge is -2.12. The van der Waals surface area contributed by atoms with Crippen LogP contribution in [0.1, 0.15) is 22.5 Å². The Labute approximate surface area is 177 Å². The summed E-state index contributed by atoms with van der Waals surface area (Å²) in [4.78, 5) is 4.29. The summed E-state index contributed by atoms with van der Waals surface area (Å²) in [5.74, 6) is 2.46. The number of guanidine groups is 1. The summed E-state index contributed by atoms with van der Waals surface area (Å²) in [6.07, 6.45) is 1.81. The minimum Gasteiger partial charge on any atom is -0.454 e. The Kier molecular flexibility index (Phi) is 7.76. The highest BCUT2D eigenvalue weighted by Crippen LogP contribution is 2.32. The molecule has 1 aromatic heterocycles. The molecule has 27 heavy (non-hydrogen) atoms. The van der Waals surface area contributed by atoms with Gasteiger partial charge in [0.05, 0.1) is 5.69 Å². The number of aromatic nitrogens is 2. The van der Waals surface area contributed by atoms with E-state index >= 15 is 0 Å². The van der Waals surface area contributed by atoms with Crippen molar-refractivity contribution in [3.63, 3.8) is 0 Å². The van der Waals surface area contributed by atoms with Gasteiger partial charge in [-0.2, -0.15) is 5.10 Å². The third-order valence-electron chi connectivity index (χ3n) is 4.69. The SMILES string of the molecule is CN=C(NCCc1ccc2c(c1)OCO2)NCCc1c(C)nn(C)c1C.I. The number of aryl methyl sites for hydroxylation is 2. The molecule has 0 amide bonds. The zero-order valence-corrected chi connectivity index (χ0v) is 18.7. The summed E-state index contributed by atoms with van der Waals surface area (Å²) in [6.45, 7) is 6.08. The average molecular weight is 485 g/mol. The van der Waals surface area contributed by atoms with Gasteiger partial charge >= 0.3 is 0 Å². The van der Waals surface area contributed by atoms with E-state index in [1.54, 1.807) is 7.05 Å². The van der Waals surface area contributed by atoms with E-state index in [0.29, 0.717) is 6.79 Å². The molecule has 8 heteroatoms. The number of benzene rings is 1. The number of fused-ring (bicyclic) bond motifs is 1. The number of hydrogen-bond acceptors (Lipinski definition) is 4. The van der Waals surface area contributed by atoms with E-state index < -0.39 is 0 Å². The molecule has 148 valence electrons. The zero-order chi connectivity index (χ0) is 18.5. The van der Waals surface area contributed by atoms with Gasteiger partial charge in [0.1, 0.15) is 0 Å². The van der Waals surface area contributed by atoms with E-state index in [9.17, 15) is 0 Å². The Balaban J connectivity index is 0.00000261. The molecule has 0 saturated heterocycles. The molecular weight excluding hydrogens is 457 g/mol. The maximum absolute atomic E-state index is 5.42. The van der Waals surface area contributed by atoms with Crippen molar-refractivity contribution in [2.75, 3.05) is 26.9 Å². The molecule has 2 heterocycles. The van der Waals surface area contributed by atoms with Crippen molar-refractivity contribution in [2.45, 2.75) is 26.7 Å². The van der Waals surface area contributed by atoms with Gasteiger partial charge < -0.3 is 20.1 Å². The van der Waals surface area contributed by atoms with Gasteiger partial charge in [-0.05, 0) is 49.9 Å². The Bertz CT molecular complexity index is 804. The molecule has 7 nitrogen and oxygen atoms in total. The molecule has 0 aliphatic carbocycles. The van der Waals surface area contributed by atoms with Crippen LogP contribution in [0.3, 0.4) is 0 Å². The summed E-state index contributed by atoms with van der Waals surface area (Å²) < 4.78 is 12.7. The van der Waals surface area contributed by atoms with Crippen molar-refractivity contribution in [2.24, 2.45) is 12.0 Å². The zero-order valence-electron chi connectivity index (χ0n) is 16.3. The highest BCUT2D eigenvalue weighted by Gasteiger charge is 2.13. The van der Waals surface area contributed by atoms with E-state index in [-0.39, 0.29) is 24.0 Å². The second-order valence-corrected chi connectivity index (χ2v) is 6.39. The van der Waals surface area contributed by atoms with Crippen LogP contribution >= 0.6 is 24.0 Å². The maximum atomic E-state index is 5.42. The van der Waals surface area contributed by atoms with Crippen molar-refractivity contribution < 1.29 is 9.47 Å². The number of ether oxygens (including phenoxy) is 2. The van der Waals surface area contributed by atoms with E-state index in [1.807, 2.05) is 23.9 Å². The number of rotatable bonds is 6. The lowest BCUT2D eigenvalue weighted by atomic mass is 10.1. The van der Waals surface area contributed by atoms with Crippen molar-refractivity contribution in [3.05, 3.63) is 40.7 Å². The second-order valence-electron chi connectivity index (χ2n) is 6.39. The van der Waals surface area contributed by atoms with Crippen LogP contribution in [-0.2, 0) is 19.9 Å². The molecule has 2 aromatic rings. The molecule has 0 saturated carbocycles. The van der Waals surface area contributed by atoms with Crippen LogP contribution in [0, 0.1) is 13.8 Å². The van der Waals surface area contributed by atoms with Crippen LogP contribution in [-0.4, -0.2) is 42.7 Å². The molecule has 1 aliphatic heterocycles. The molecule has 0 fully saturated rings. The normalized spacial score (nSPS) is 12.7. The second kappa shape index (κ2) is 9.82. The van der Waals surface area contributed by atoms with E-state index in [2.05, 4.69) is 40.6 Å². The molecule has 2 N–H and O–H groups in total. The minimum atomic E-state index is 0. The fraction of sp³-hybridized carbons (Fsp3) is 0.474. The first kappa shape index (κ1) is 21.3. The minimum absolute atomic E-state index is 0. The van der Waals surface area contributed by atoms with Gasteiger partial charge in [-0.15, -0.1) is 24.0 Å². The predicted octanol–water partition coefficient (Wildman–Crippen LogP) is 2.33. The van der Waals surface area contributed by atoms with Gasteiger partial charge in [-0.3, -0.25) is 9.67 Å². The standard InChI is InChI=1S/C19H27N5O2.HI/c1-13-16(14(2)24(4)23-13)8-10-22-19(20-3)21-9-7-15-5-6-17-18(11-15)26-12-25-17;/h5-6,11H,7-10,12H2,1-4H3,(H2,20,21,22);1H. The summed E-state index contributed by atoms with van der Waals surface area (Å²) in [7, 11) is 3.77. The summed E-state index contributed by atoms with van der Waals surface area (Å²) in [5, 5.41) is 11.2. The Hall–Kier alpha value is -1.97. The van der Waals surface area contributed by atoms with Gasteiger partial charge in [0.25, 0.3) is 0 Å². The molecule has 0 atom stereocenters. The van der Waals surface area contributed by atoms with Crippen molar-refractivity contribution in [1.82, 2.24) is 20.4 Å². The van der Waals surface area contributed by atoms with Crippen LogP contribution < -0.4 is 20.1 Å². The first-order chi connectivity index (χ1) is 12.6. The lowest BCUT2D eigenvalue weighted by molar-refractivity contribution is 0.174. The topological polar surface area (TPSA) is 72.7 Å². The van der Waals surface area contributed by atoms with Gasteiger partial charge in [0, 0.05) is 32.9 Å². The molecule has 0 radical (unpaired) electrons. The smallest absolute Gasteiger partial charge is 0.231 e. The molecular formula is C19H28IN5O2. The number of nitrogens with one attached hydrogen (secondary N) is 2. The predicted molar refractivity (Wildman–Crippen MR) is 117 cm³/mol. The first-order valence-corrected chi connectivity index (χ1v) is 8.90. The average Bonchev–Trinajstić information content (AvgIpc) is 3.19. The van der Waals surface area contributed by atoms with Crippen LogP contribution in [0.25, 0.3) is 0 Å².